The van der Waals surface area contributed by atoms with Gasteiger partial charge in [-0.15, -0.1) is 0 Å². The molecule has 2 aliphatic rings. The molecule has 0 bridgehead atoms. The van der Waals surface area contributed by atoms with E-state index in [9.17, 15) is 9.90 Å². The Morgan fingerprint density at radius 1 is 1.16 bits per heavy atom. The van der Waals surface area contributed by atoms with E-state index < -0.39 is 0 Å². The Morgan fingerprint density at radius 2 is 1.87 bits per heavy atom. The van der Waals surface area contributed by atoms with E-state index in [2.05, 4.69) is 53.2 Å². The second kappa shape index (κ2) is 8.25. The van der Waals surface area contributed by atoms with Gasteiger partial charge >= 0.3 is 6.03 Å². The summed E-state index contributed by atoms with van der Waals surface area (Å²) in [7, 11) is 4.24. The molecule has 1 spiro atoms. The molecule has 1 aromatic carbocycles. The van der Waals surface area contributed by atoms with Crippen molar-refractivity contribution in [3.8, 4) is 6.07 Å². The van der Waals surface area contributed by atoms with E-state index in [1.54, 1.807) is 11.0 Å². The van der Waals surface area contributed by atoms with Gasteiger partial charge in [0.2, 0.25) is 5.82 Å². The minimum absolute atomic E-state index is 0.0410. The van der Waals surface area contributed by atoms with Crippen LogP contribution in [0.3, 0.4) is 0 Å². The third-order valence-electron chi connectivity index (χ3n) is 7.00. The molecule has 1 aromatic heterocycles. The highest BCUT2D eigenvalue weighted by Crippen LogP contribution is 2.49. The summed E-state index contributed by atoms with van der Waals surface area (Å²) in [6, 6.07) is 14.0. The lowest BCUT2D eigenvalue weighted by Gasteiger charge is -2.51. The van der Waals surface area contributed by atoms with Crippen molar-refractivity contribution in [1.29, 1.82) is 5.26 Å². The van der Waals surface area contributed by atoms with Crippen LogP contribution < -0.4 is 4.90 Å². The standard InChI is InChI=1S/C23H28N6O2/c1-27(2)23(18-6-4-3-5-7-18)11-9-22(10-12-23)17-28(21(31)29(22)14-15-30)20-8-13-25-19(16-24)26-20/h3-8,13,30H,9-12,14-15,17H2,1-2H3. The van der Waals surface area contributed by atoms with Crippen LogP contribution in [0.1, 0.15) is 37.1 Å². The zero-order valence-electron chi connectivity index (χ0n) is 18.0. The zero-order valence-corrected chi connectivity index (χ0v) is 18.0. The maximum Gasteiger partial charge on any atom is 0.326 e. The van der Waals surface area contributed by atoms with E-state index in [1.807, 2.05) is 17.0 Å². The number of benzene rings is 1. The van der Waals surface area contributed by atoms with Gasteiger partial charge in [0.05, 0.1) is 18.7 Å². The molecule has 1 N–H and O–H groups in total. The normalized spacial score (nSPS) is 26.0. The number of nitriles is 1. The Bertz CT molecular complexity index is 979. The monoisotopic (exact) mass is 420 g/mol. The third-order valence-corrected chi connectivity index (χ3v) is 7.00. The number of aliphatic hydroxyl groups is 1. The molecule has 8 heteroatoms. The van der Waals surface area contributed by atoms with E-state index in [0.717, 1.165) is 25.7 Å². The molecule has 0 atom stereocenters. The van der Waals surface area contributed by atoms with Crippen LogP contribution in [0.25, 0.3) is 0 Å². The van der Waals surface area contributed by atoms with Crippen LogP contribution >= 0.6 is 0 Å². The SMILES string of the molecule is CN(C)C1(c2ccccc2)CCC2(CC1)CN(c1ccnc(C#N)n1)C(=O)N2CCO. The molecule has 8 nitrogen and oxygen atoms in total. The van der Waals surface area contributed by atoms with Gasteiger partial charge in [0.15, 0.2) is 0 Å². The predicted octanol–water partition coefficient (Wildman–Crippen LogP) is 2.35. The van der Waals surface area contributed by atoms with Crippen LogP contribution in [0.4, 0.5) is 10.6 Å². The first-order chi connectivity index (χ1) is 15.0. The fourth-order valence-electron chi connectivity index (χ4n) is 5.26. The third kappa shape index (κ3) is 3.54. The Morgan fingerprint density at radius 3 is 2.48 bits per heavy atom. The molecule has 2 amide bonds. The molecule has 2 aromatic rings. The van der Waals surface area contributed by atoms with Crippen molar-refractivity contribution in [3.63, 3.8) is 0 Å². The van der Waals surface area contributed by atoms with Crippen LogP contribution in [0.15, 0.2) is 42.6 Å². The number of aromatic nitrogens is 2. The van der Waals surface area contributed by atoms with Gasteiger partial charge in [0.1, 0.15) is 11.9 Å². The molecule has 1 saturated carbocycles. The highest BCUT2D eigenvalue weighted by molar-refractivity contribution is 5.94. The average Bonchev–Trinajstić information content (AvgIpc) is 3.07. The minimum atomic E-state index is -0.369. The van der Waals surface area contributed by atoms with Gasteiger partial charge in [-0.1, -0.05) is 30.3 Å². The number of hydrogen-bond acceptors (Lipinski definition) is 6. The van der Waals surface area contributed by atoms with Crippen LogP contribution in [0.5, 0.6) is 0 Å². The van der Waals surface area contributed by atoms with E-state index >= 15 is 0 Å². The number of amides is 2. The second-order valence-corrected chi connectivity index (χ2v) is 8.61. The Kier molecular flexibility index (Phi) is 5.65. The molecule has 4 rings (SSSR count). The van der Waals surface area contributed by atoms with E-state index in [4.69, 9.17) is 5.26 Å². The number of carbonyl (C=O) groups is 1. The molecular formula is C23H28N6O2. The van der Waals surface area contributed by atoms with E-state index in [1.165, 1.54) is 11.8 Å². The average molecular weight is 421 g/mol. The van der Waals surface area contributed by atoms with Crippen LogP contribution in [0.2, 0.25) is 0 Å². The predicted molar refractivity (Wildman–Crippen MR) is 116 cm³/mol. The van der Waals surface area contributed by atoms with Crippen molar-refractivity contribution in [2.75, 3.05) is 38.7 Å². The zero-order chi connectivity index (χ0) is 22.1. The van der Waals surface area contributed by atoms with Gasteiger partial charge in [0, 0.05) is 18.3 Å². The highest BCUT2D eigenvalue weighted by atomic mass is 16.3. The fraction of sp³-hybridized carbons (Fsp3) is 0.478. The molecule has 0 radical (unpaired) electrons. The van der Waals surface area contributed by atoms with Crippen LogP contribution in [-0.2, 0) is 5.54 Å². The maximum atomic E-state index is 13.3. The summed E-state index contributed by atoms with van der Waals surface area (Å²) in [6.07, 6.45) is 4.94. The number of anilines is 1. The molecule has 1 aliphatic carbocycles. The number of hydrogen-bond donors (Lipinski definition) is 1. The number of aliphatic hydroxyl groups excluding tert-OH is 1. The van der Waals surface area contributed by atoms with Gasteiger partial charge in [-0.05, 0) is 51.4 Å². The van der Waals surface area contributed by atoms with Crippen LogP contribution in [-0.4, -0.2) is 70.2 Å². The number of carbonyl (C=O) groups excluding carboxylic acids is 1. The fourth-order valence-corrected chi connectivity index (χ4v) is 5.26. The Hall–Kier alpha value is -3.02. The molecule has 0 unspecified atom stereocenters. The summed E-state index contributed by atoms with van der Waals surface area (Å²) in [5.74, 6) is 0.475. The van der Waals surface area contributed by atoms with Crippen molar-refractivity contribution in [2.24, 2.45) is 0 Å². The molecular weight excluding hydrogens is 392 g/mol. The van der Waals surface area contributed by atoms with Gasteiger partial charge in [-0.3, -0.25) is 9.80 Å². The smallest absolute Gasteiger partial charge is 0.326 e. The summed E-state index contributed by atoms with van der Waals surface area (Å²) in [4.78, 5) is 27.2. The highest BCUT2D eigenvalue weighted by Gasteiger charge is 2.54. The van der Waals surface area contributed by atoms with Gasteiger partial charge < -0.3 is 10.0 Å². The summed E-state index contributed by atoms with van der Waals surface area (Å²) in [5, 5.41) is 18.8. The molecule has 2 heterocycles. The Labute approximate surface area is 182 Å². The van der Waals surface area contributed by atoms with Crippen molar-refractivity contribution < 1.29 is 9.90 Å². The van der Waals surface area contributed by atoms with Gasteiger partial charge in [-0.2, -0.15) is 5.26 Å². The second-order valence-electron chi connectivity index (χ2n) is 8.61. The van der Waals surface area contributed by atoms with Gasteiger partial charge in [-0.25, -0.2) is 14.8 Å². The quantitative estimate of drug-likeness (QED) is 0.798. The number of rotatable bonds is 5. The molecule has 162 valence electrons. The topological polar surface area (TPSA) is 96.6 Å². The first-order valence-corrected chi connectivity index (χ1v) is 10.6. The largest absolute Gasteiger partial charge is 0.395 e. The van der Waals surface area contributed by atoms with Crippen molar-refractivity contribution in [2.45, 2.75) is 36.8 Å². The van der Waals surface area contributed by atoms with Crippen molar-refractivity contribution >= 4 is 11.8 Å². The molecule has 1 saturated heterocycles. The van der Waals surface area contributed by atoms with Gasteiger partial charge in [0.25, 0.3) is 0 Å². The van der Waals surface area contributed by atoms with Crippen molar-refractivity contribution in [3.05, 3.63) is 54.0 Å². The summed E-state index contributed by atoms with van der Waals surface area (Å²) >= 11 is 0. The maximum absolute atomic E-state index is 13.3. The lowest BCUT2D eigenvalue weighted by Crippen LogP contribution is -2.55. The number of β-amino-alcohol motifs (C(OH)–C–C–N with tert-alkyl or cyclic N) is 1. The summed E-state index contributed by atoms with van der Waals surface area (Å²) in [5.41, 5.74) is 0.835. The lowest BCUT2D eigenvalue weighted by atomic mass is 9.68. The summed E-state index contributed by atoms with van der Waals surface area (Å²) < 4.78 is 0. The minimum Gasteiger partial charge on any atom is -0.395 e. The number of urea groups is 1. The first-order valence-electron chi connectivity index (χ1n) is 10.6. The first kappa shape index (κ1) is 21.2. The number of nitrogens with zero attached hydrogens (tertiary/aromatic N) is 6. The Balaban J connectivity index is 1.65. The van der Waals surface area contributed by atoms with E-state index in [-0.39, 0.29) is 36.1 Å². The van der Waals surface area contributed by atoms with Crippen molar-refractivity contribution in [1.82, 2.24) is 19.8 Å². The lowest BCUT2D eigenvalue weighted by molar-refractivity contribution is 0.0216. The van der Waals surface area contributed by atoms with Crippen LogP contribution in [0, 0.1) is 11.3 Å². The molecule has 31 heavy (non-hydrogen) atoms. The molecule has 2 fully saturated rings. The summed E-state index contributed by atoms with van der Waals surface area (Å²) in [6.45, 7) is 0.684. The van der Waals surface area contributed by atoms with E-state index in [0.29, 0.717) is 12.4 Å². The molecule has 1 aliphatic heterocycles.